The quantitative estimate of drug-likeness (QED) is 0.864. The van der Waals surface area contributed by atoms with Crippen LogP contribution < -0.4 is 5.32 Å². The molecule has 1 nitrogen and oxygen atoms in total. The minimum Gasteiger partial charge on any atom is -0.316 e. The average Bonchev–Trinajstić information content (AvgIpc) is 2.31. The first-order chi connectivity index (χ1) is 8.61. The number of nitrogens with one attached hydrogen (secondary N) is 1. The molecule has 0 atom stereocenters. The average molecular weight is 243 g/mol. The molecule has 0 radical (unpaired) electrons. The van der Waals surface area contributed by atoms with E-state index in [9.17, 15) is 4.39 Å². The van der Waals surface area contributed by atoms with Crippen molar-refractivity contribution in [1.29, 1.82) is 0 Å². The van der Waals surface area contributed by atoms with Gasteiger partial charge in [-0.15, -0.1) is 0 Å². The first-order valence-electron chi connectivity index (χ1n) is 6.12. The summed E-state index contributed by atoms with van der Waals surface area (Å²) >= 11 is 0. The minimum absolute atomic E-state index is 0.158. The molecule has 0 amide bonds. The van der Waals surface area contributed by atoms with E-state index in [0.29, 0.717) is 12.1 Å². The molecule has 2 rings (SSSR count). The SMILES string of the molecule is CNCc1ccc(-c2ccc(C)cc2C)c(F)c1. The normalized spacial score (nSPS) is 10.7. The molecule has 94 valence electrons. The van der Waals surface area contributed by atoms with Crippen LogP contribution in [0.1, 0.15) is 16.7 Å². The summed E-state index contributed by atoms with van der Waals surface area (Å²) in [4.78, 5) is 0. The third-order valence-electron chi connectivity index (χ3n) is 3.09. The van der Waals surface area contributed by atoms with Crippen LogP contribution in [0.25, 0.3) is 11.1 Å². The molecule has 0 aliphatic carbocycles. The third-order valence-corrected chi connectivity index (χ3v) is 3.09. The van der Waals surface area contributed by atoms with Gasteiger partial charge in [-0.2, -0.15) is 0 Å². The maximum absolute atomic E-state index is 14.1. The smallest absolute Gasteiger partial charge is 0.131 e. The van der Waals surface area contributed by atoms with Gasteiger partial charge in [-0.05, 0) is 43.7 Å². The van der Waals surface area contributed by atoms with Gasteiger partial charge in [0.15, 0.2) is 0 Å². The summed E-state index contributed by atoms with van der Waals surface area (Å²) in [6, 6.07) is 11.5. The summed E-state index contributed by atoms with van der Waals surface area (Å²) in [6.07, 6.45) is 0. The van der Waals surface area contributed by atoms with E-state index in [1.807, 2.05) is 45.2 Å². The number of halogens is 1. The molecule has 18 heavy (non-hydrogen) atoms. The topological polar surface area (TPSA) is 12.0 Å². The number of rotatable bonds is 3. The lowest BCUT2D eigenvalue weighted by molar-refractivity contribution is 0.627. The lowest BCUT2D eigenvalue weighted by Gasteiger charge is -2.10. The van der Waals surface area contributed by atoms with Crippen molar-refractivity contribution in [2.45, 2.75) is 20.4 Å². The number of aryl methyl sites for hydroxylation is 2. The first kappa shape index (κ1) is 12.8. The van der Waals surface area contributed by atoms with Crippen molar-refractivity contribution in [2.75, 3.05) is 7.05 Å². The zero-order valence-electron chi connectivity index (χ0n) is 11.0. The highest BCUT2D eigenvalue weighted by Gasteiger charge is 2.08. The van der Waals surface area contributed by atoms with Crippen molar-refractivity contribution < 1.29 is 4.39 Å². The predicted octanol–water partition coefficient (Wildman–Crippen LogP) is 3.83. The van der Waals surface area contributed by atoms with E-state index >= 15 is 0 Å². The Hall–Kier alpha value is -1.67. The van der Waals surface area contributed by atoms with Gasteiger partial charge in [-0.25, -0.2) is 4.39 Å². The summed E-state index contributed by atoms with van der Waals surface area (Å²) < 4.78 is 14.1. The first-order valence-corrected chi connectivity index (χ1v) is 6.12. The molecule has 0 saturated carbocycles. The zero-order valence-corrected chi connectivity index (χ0v) is 11.0. The van der Waals surface area contributed by atoms with Crippen molar-refractivity contribution in [3.8, 4) is 11.1 Å². The van der Waals surface area contributed by atoms with Gasteiger partial charge in [0.1, 0.15) is 5.82 Å². The Morgan fingerprint density at radius 1 is 1.00 bits per heavy atom. The Morgan fingerprint density at radius 2 is 1.72 bits per heavy atom. The highest BCUT2D eigenvalue weighted by Crippen LogP contribution is 2.27. The van der Waals surface area contributed by atoms with Crippen LogP contribution in [0.2, 0.25) is 0 Å². The molecule has 0 spiro atoms. The monoisotopic (exact) mass is 243 g/mol. The van der Waals surface area contributed by atoms with Crippen LogP contribution in [-0.2, 0) is 6.54 Å². The van der Waals surface area contributed by atoms with Crippen molar-refractivity contribution >= 4 is 0 Å². The van der Waals surface area contributed by atoms with Gasteiger partial charge in [0.05, 0.1) is 0 Å². The molecule has 0 fully saturated rings. The maximum Gasteiger partial charge on any atom is 0.131 e. The van der Waals surface area contributed by atoms with E-state index in [-0.39, 0.29) is 5.82 Å². The Morgan fingerprint density at radius 3 is 2.33 bits per heavy atom. The molecule has 0 saturated heterocycles. The highest BCUT2D eigenvalue weighted by atomic mass is 19.1. The third kappa shape index (κ3) is 2.59. The standard InChI is InChI=1S/C16H18FN/c1-11-4-6-14(12(2)8-11)15-7-5-13(10-18-3)9-16(15)17/h4-9,18H,10H2,1-3H3. The second-order valence-corrected chi connectivity index (χ2v) is 4.66. The Balaban J connectivity index is 2.44. The summed E-state index contributed by atoms with van der Waals surface area (Å²) in [5, 5.41) is 3.02. The molecule has 0 aliphatic rings. The minimum atomic E-state index is -0.158. The van der Waals surface area contributed by atoms with Crippen LogP contribution >= 0.6 is 0 Å². The van der Waals surface area contributed by atoms with Gasteiger partial charge in [0.2, 0.25) is 0 Å². The summed E-state index contributed by atoms with van der Waals surface area (Å²) in [5.41, 5.74) is 4.91. The Bertz CT molecular complexity index is 561. The van der Waals surface area contributed by atoms with Gasteiger partial charge in [-0.1, -0.05) is 35.9 Å². The molecule has 0 aliphatic heterocycles. The predicted molar refractivity (Wildman–Crippen MR) is 74.1 cm³/mol. The number of benzene rings is 2. The molecule has 2 aromatic carbocycles. The number of hydrogen-bond acceptors (Lipinski definition) is 1. The molecule has 0 bridgehead atoms. The molecule has 1 N–H and O–H groups in total. The fourth-order valence-corrected chi connectivity index (χ4v) is 2.21. The second kappa shape index (κ2) is 5.32. The van der Waals surface area contributed by atoms with Crippen molar-refractivity contribution in [2.24, 2.45) is 0 Å². The molecule has 2 aromatic rings. The van der Waals surface area contributed by atoms with Crippen LogP contribution in [0.15, 0.2) is 36.4 Å². The van der Waals surface area contributed by atoms with Gasteiger partial charge in [0.25, 0.3) is 0 Å². The molecular formula is C16H18FN. The summed E-state index contributed by atoms with van der Waals surface area (Å²) in [7, 11) is 1.86. The number of hydrogen-bond donors (Lipinski definition) is 1. The van der Waals surface area contributed by atoms with Crippen LogP contribution in [-0.4, -0.2) is 7.05 Å². The van der Waals surface area contributed by atoms with Crippen molar-refractivity contribution in [3.63, 3.8) is 0 Å². The van der Waals surface area contributed by atoms with Crippen LogP contribution in [0.5, 0.6) is 0 Å². The molecular weight excluding hydrogens is 225 g/mol. The van der Waals surface area contributed by atoms with E-state index in [0.717, 1.165) is 16.7 Å². The van der Waals surface area contributed by atoms with Crippen LogP contribution in [0.3, 0.4) is 0 Å². The lowest BCUT2D eigenvalue weighted by Crippen LogP contribution is -2.05. The van der Waals surface area contributed by atoms with Crippen molar-refractivity contribution in [3.05, 3.63) is 58.9 Å². The van der Waals surface area contributed by atoms with E-state index in [1.54, 1.807) is 6.07 Å². The zero-order chi connectivity index (χ0) is 13.1. The Kier molecular flexibility index (Phi) is 3.78. The van der Waals surface area contributed by atoms with Crippen LogP contribution in [0, 0.1) is 19.7 Å². The molecule has 2 heteroatoms. The molecule has 0 aromatic heterocycles. The fourth-order valence-electron chi connectivity index (χ4n) is 2.21. The van der Waals surface area contributed by atoms with Crippen molar-refractivity contribution in [1.82, 2.24) is 5.32 Å². The van der Waals surface area contributed by atoms with Gasteiger partial charge in [0, 0.05) is 12.1 Å². The largest absolute Gasteiger partial charge is 0.316 e. The van der Waals surface area contributed by atoms with Crippen LogP contribution in [0.4, 0.5) is 4.39 Å². The van der Waals surface area contributed by atoms with E-state index in [2.05, 4.69) is 11.4 Å². The summed E-state index contributed by atoms with van der Waals surface area (Å²) in [6.45, 7) is 4.75. The Labute approximate surface area is 108 Å². The van der Waals surface area contributed by atoms with Gasteiger partial charge in [-0.3, -0.25) is 0 Å². The van der Waals surface area contributed by atoms with Gasteiger partial charge >= 0.3 is 0 Å². The molecule has 0 unspecified atom stereocenters. The van der Waals surface area contributed by atoms with E-state index in [4.69, 9.17) is 0 Å². The maximum atomic E-state index is 14.1. The highest BCUT2D eigenvalue weighted by molar-refractivity contribution is 5.68. The van der Waals surface area contributed by atoms with E-state index in [1.165, 1.54) is 5.56 Å². The summed E-state index contributed by atoms with van der Waals surface area (Å²) in [5.74, 6) is -0.158. The fraction of sp³-hybridized carbons (Fsp3) is 0.250. The van der Waals surface area contributed by atoms with Gasteiger partial charge < -0.3 is 5.32 Å². The lowest BCUT2D eigenvalue weighted by atomic mass is 9.97. The second-order valence-electron chi connectivity index (χ2n) is 4.66. The molecule has 0 heterocycles. The van der Waals surface area contributed by atoms with E-state index < -0.39 is 0 Å².